The number of urea groups is 2. The van der Waals surface area contributed by atoms with Gasteiger partial charge in [0.1, 0.15) is 11.6 Å². The topological polar surface area (TPSA) is 97.7 Å². The molecule has 2 N–H and O–H groups in total. The predicted octanol–water partition coefficient (Wildman–Crippen LogP) is 3.73. The minimum Gasteiger partial charge on any atom is -0.406 e. The molecule has 2 aliphatic rings. The van der Waals surface area contributed by atoms with E-state index in [0.717, 1.165) is 25.0 Å². The van der Waals surface area contributed by atoms with Gasteiger partial charge in [0.05, 0.1) is 12.1 Å². The summed E-state index contributed by atoms with van der Waals surface area (Å²) in [5.74, 6) is -1.63. The van der Waals surface area contributed by atoms with Crippen molar-refractivity contribution in [2.75, 3.05) is 20.1 Å². The van der Waals surface area contributed by atoms with Crippen LogP contribution in [0, 0.1) is 22.6 Å². The van der Waals surface area contributed by atoms with Crippen LogP contribution < -0.4 is 15.4 Å². The highest BCUT2D eigenvalue weighted by Gasteiger charge is 2.45. The van der Waals surface area contributed by atoms with Gasteiger partial charge in [-0.15, -0.1) is 13.2 Å². The Morgan fingerprint density at radius 2 is 2.03 bits per heavy atom. The van der Waals surface area contributed by atoms with E-state index in [1.54, 1.807) is 9.80 Å². The summed E-state index contributed by atoms with van der Waals surface area (Å²) in [6, 6.07) is 3.74. The molecule has 0 spiro atoms. The smallest absolute Gasteiger partial charge is 0.406 e. The van der Waals surface area contributed by atoms with E-state index in [1.807, 2.05) is 6.92 Å². The fourth-order valence-electron chi connectivity index (χ4n) is 4.41. The maximum Gasteiger partial charge on any atom is 0.573 e. The summed E-state index contributed by atoms with van der Waals surface area (Å²) in [5, 5.41) is 14.5. The highest BCUT2D eigenvalue weighted by Crippen LogP contribution is 2.38. The second-order valence-electron chi connectivity index (χ2n) is 9.04. The van der Waals surface area contributed by atoms with Crippen LogP contribution in [0.25, 0.3) is 0 Å². The maximum atomic E-state index is 14.3. The van der Waals surface area contributed by atoms with E-state index < -0.39 is 29.4 Å². The summed E-state index contributed by atoms with van der Waals surface area (Å²) in [4.78, 5) is 28.7. The van der Waals surface area contributed by atoms with Crippen molar-refractivity contribution in [1.82, 2.24) is 20.4 Å². The summed E-state index contributed by atoms with van der Waals surface area (Å²) < 4.78 is 54.9. The summed E-state index contributed by atoms with van der Waals surface area (Å²) in [6.07, 6.45) is -2.62. The molecular weight excluding hydrogens is 458 g/mol. The fourth-order valence-corrected chi connectivity index (χ4v) is 4.41. The zero-order valence-electron chi connectivity index (χ0n) is 18.9. The summed E-state index contributed by atoms with van der Waals surface area (Å²) in [7, 11) is 1.51. The van der Waals surface area contributed by atoms with Crippen molar-refractivity contribution in [2.24, 2.45) is 5.41 Å². The number of hydrogen-bond donors (Lipinski definition) is 2. The highest BCUT2D eigenvalue weighted by atomic mass is 19.4. The Morgan fingerprint density at radius 1 is 1.32 bits per heavy atom. The van der Waals surface area contributed by atoms with E-state index in [1.165, 1.54) is 7.05 Å². The van der Waals surface area contributed by atoms with Gasteiger partial charge in [-0.3, -0.25) is 0 Å². The van der Waals surface area contributed by atoms with Gasteiger partial charge in [0.15, 0.2) is 0 Å². The number of halogens is 4. The first-order valence-corrected chi connectivity index (χ1v) is 10.9. The SMILES string of the molecule is CNC(=O)N1C[C@H](N(C(=O)NCc2ccc(OC(F)(F)F)cc2F)C2CC2)C[C@](C)(CC#N)C1. The molecule has 34 heavy (non-hydrogen) atoms. The van der Waals surface area contributed by atoms with Gasteiger partial charge in [0.2, 0.25) is 0 Å². The van der Waals surface area contributed by atoms with Gasteiger partial charge in [-0.25, -0.2) is 14.0 Å². The van der Waals surface area contributed by atoms with Crippen LogP contribution >= 0.6 is 0 Å². The number of carbonyl (C=O) groups is 2. The van der Waals surface area contributed by atoms with E-state index in [4.69, 9.17) is 0 Å². The molecule has 186 valence electrons. The molecule has 1 saturated carbocycles. The Kier molecular flexibility index (Phi) is 7.43. The number of likely N-dealkylation sites (tertiary alicyclic amines) is 1. The first kappa shape index (κ1) is 25.4. The maximum absolute atomic E-state index is 14.3. The van der Waals surface area contributed by atoms with E-state index in [2.05, 4.69) is 21.4 Å². The van der Waals surface area contributed by atoms with Gasteiger partial charge < -0.3 is 25.2 Å². The number of alkyl halides is 3. The standard InChI is InChI=1S/C22H27F4N5O3/c1-21(7-8-27)10-16(12-30(13-21)19(32)28-2)31(15-4-5-15)20(33)29-11-14-3-6-17(9-18(14)23)34-22(24,25)26/h3,6,9,15-16H,4-5,7,10-13H2,1-2H3,(H,28,32)(H,29,33)/t16-,21+/m1/s1. The van der Waals surface area contributed by atoms with Gasteiger partial charge in [-0.2, -0.15) is 5.26 Å². The second kappa shape index (κ2) is 9.95. The normalized spacial score (nSPS) is 22.5. The molecule has 8 nitrogen and oxygen atoms in total. The molecule has 4 amide bonds. The van der Waals surface area contributed by atoms with Crippen molar-refractivity contribution in [1.29, 1.82) is 5.26 Å². The minimum absolute atomic E-state index is 0.00331. The first-order valence-electron chi connectivity index (χ1n) is 10.9. The molecule has 0 unspecified atom stereocenters. The van der Waals surface area contributed by atoms with Gasteiger partial charge in [0, 0.05) is 56.2 Å². The lowest BCUT2D eigenvalue weighted by molar-refractivity contribution is -0.274. The average Bonchev–Trinajstić information content (AvgIpc) is 3.56. The highest BCUT2D eigenvalue weighted by molar-refractivity contribution is 5.76. The van der Waals surface area contributed by atoms with Crippen LogP contribution in [0.2, 0.25) is 0 Å². The van der Waals surface area contributed by atoms with Crippen LogP contribution in [0.15, 0.2) is 18.2 Å². The van der Waals surface area contributed by atoms with Crippen molar-refractivity contribution in [3.8, 4) is 11.8 Å². The lowest BCUT2D eigenvalue weighted by atomic mass is 9.77. The Balaban J connectivity index is 1.72. The average molecular weight is 485 g/mol. The second-order valence-corrected chi connectivity index (χ2v) is 9.04. The molecule has 2 atom stereocenters. The molecule has 0 radical (unpaired) electrons. The third-order valence-corrected chi connectivity index (χ3v) is 6.00. The van der Waals surface area contributed by atoms with Crippen LogP contribution in [0.3, 0.4) is 0 Å². The monoisotopic (exact) mass is 485 g/mol. The van der Waals surface area contributed by atoms with Gasteiger partial charge in [-0.05, 0) is 25.3 Å². The molecule has 1 saturated heterocycles. The largest absolute Gasteiger partial charge is 0.573 e. The van der Waals surface area contributed by atoms with E-state index >= 15 is 0 Å². The molecular formula is C22H27F4N5O3. The van der Waals surface area contributed by atoms with Crippen LogP contribution in [0.5, 0.6) is 5.75 Å². The number of amides is 4. The number of ether oxygens (including phenoxy) is 1. The lowest BCUT2D eigenvalue weighted by Gasteiger charge is -2.47. The molecule has 0 bridgehead atoms. The summed E-state index contributed by atoms with van der Waals surface area (Å²) in [5.41, 5.74) is -0.499. The predicted molar refractivity (Wildman–Crippen MR) is 113 cm³/mol. The van der Waals surface area contributed by atoms with Crippen molar-refractivity contribution in [2.45, 2.75) is 57.6 Å². The molecule has 1 aliphatic heterocycles. The number of carbonyl (C=O) groups excluding carboxylic acids is 2. The lowest BCUT2D eigenvalue weighted by Crippen LogP contribution is -2.60. The van der Waals surface area contributed by atoms with Gasteiger partial charge in [0.25, 0.3) is 0 Å². The number of nitriles is 1. The van der Waals surface area contributed by atoms with Crippen LogP contribution in [-0.4, -0.2) is 60.4 Å². The zero-order chi connectivity index (χ0) is 25.1. The molecule has 1 heterocycles. The minimum atomic E-state index is -4.93. The Bertz CT molecular complexity index is 963. The molecule has 0 aromatic heterocycles. The molecule has 1 aromatic rings. The molecule has 2 fully saturated rings. The number of rotatable bonds is 6. The first-order chi connectivity index (χ1) is 15.9. The van der Waals surface area contributed by atoms with E-state index in [0.29, 0.717) is 25.6 Å². The van der Waals surface area contributed by atoms with Crippen molar-refractivity contribution in [3.63, 3.8) is 0 Å². The summed E-state index contributed by atoms with van der Waals surface area (Å²) in [6.45, 7) is 2.35. The number of piperidine rings is 1. The fraction of sp³-hybridized carbons (Fsp3) is 0.591. The summed E-state index contributed by atoms with van der Waals surface area (Å²) >= 11 is 0. The zero-order valence-corrected chi connectivity index (χ0v) is 18.9. The van der Waals surface area contributed by atoms with Crippen molar-refractivity contribution in [3.05, 3.63) is 29.6 Å². The van der Waals surface area contributed by atoms with E-state index in [-0.39, 0.29) is 36.6 Å². The third kappa shape index (κ3) is 6.42. The van der Waals surface area contributed by atoms with Crippen LogP contribution in [0.4, 0.5) is 27.2 Å². The Hall–Kier alpha value is -3.23. The van der Waals surface area contributed by atoms with Crippen LogP contribution in [-0.2, 0) is 6.54 Å². The Labute approximate surface area is 194 Å². The van der Waals surface area contributed by atoms with E-state index in [9.17, 15) is 32.4 Å². The molecule has 3 rings (SSSR count). The number of benzene rings is 1. The van der Waals surface area contributed by atoms with Gasteiger partial charge >= 0.3 is 18.4 Å². The quantitative estimate of drug-likeness (QED) is 0.600. The molecule has 1 aliphatic carbocycles. The molecule has 12 heteroatoms. The van der Waals surface area contributed by atoms with Gasteiger partial charge in [-0.1, -0.05) is 13.0 Å². The van der Waals surface area contributed by atoms with Crippen molar-refractivity contribution >= 4 is 12.1 Å². The third-order valence-electron chi connectivity index (χ3n) is 6.00. The molecule has 1 aromatic carbocycles. The number of nitrogens with one attached hydrogen (secondary N) is 2. The Morgan fingerprint density at radius 3 is 2.59 bits per heavy atom. The number of hydrogen-bond acceptors (Lipinski definition) is 4. The van der Waals surface area contributed by atoms with Crippen molar-refractivity contribution < 1.29 is 31.9 Å². The van der Waals surface area contributed by atoms with Crippen LogP contribution in [0.1, 0.15) is 38.2 Å². The number of nitrogens with zero attached hydrogens (tertiary/aromatic N) is 3.